The van der Waals surface area contributed by atoms with Crippen molar-refractivity contribution in [2.75, 3.05) is 21.1 Å². The fourth-order valence-corrected chi connectivity index (χ4v) is 4.48. The number of nitrogens with zero attached hydrogens (tertiary/aromatic N) is 1. The monoisotopic (exact) mass is 636 g/mol. The minimum atomic E-state index is -4.67. The Morgan fingerprint density at radius 3 is 1.43 bits per heavy atom. The molecule has 0 saturated carbocycles. The second kappa shape index (κ2) is 13.6. The topological polar surface area (TPSA) is 27.7 Å². The second-order valence-electron chi connectivity index (χ2n) is 11.1. The van der Waals surface area contributed by atoms with Gasteiger partial charge in [0.1, 0.15) is 23.3 Å². The summed E-state index contributed by atoms with van der Waals surface area (Å²) in [5.74, 6) is -0.375. The average molecular weight is 636 g/mol. The zero-order valence-corrected chi connectivity index (χ0v) is 24.4. The van der Waals surface area contributed by atoms with Crippen LogP contribution in [0.3, 0.4) is 0 Å². The highest BCUT2D eigenvalue weighted by atomic mass is 19.4. The van der Waals surface area contributed by atoms with E-state index >= 15 is 0 Å². The molecule has 0 spiro atoms. The lowest BCUT2D eigenvalue weighted by atomic mass is 9.94. The van der Waals surface area contributed by atoms with Crippen LogP contribution in [0.4, 0.5) is 39.5 Å². The molecule has 0 heterocycles. The number of hydrogen-bond acceptors (Lipinski definition) is 3. The third-order valence-corrected chi connectivity index (χ3v) is 6.76. The van der Waals surface area contributed by atoms with Crippen molar-refractivity contribution in [1.82, 2.24) is 0 Å². The number of quaternary nitrogens is 1. The summed E-state index contributed by atoms with van der Waals surface area (Å²) in [5, 5.41) is 0. The van der Waals surface area contributed by atoms with Crippen molar-refractivity contribution in [1.29, 1.82) is 0 Å². The van der Waals surface area contributed by atoms with Crippen LogP contribution in [0.5, 0.6) is 17.2 Å². The van der Waals surface area contributed by atoms with Crippen LogP contribution in [0.25, 0.3) is 0 Å². The number of benzene rings is 3. The van der Waals surface area contributed by atoms with E-state index in [4.69, 9.17) is 14.0 Å². The first-order valence-electron chi connectivity index (χ1n) is 13.7. The fraction of sp³-hybridized carbons (Fsp3) is 0.400. The molecule has 3 aromatic carbocycles. The Kier molecular flexibility index (Phi) is 10.8. The van der Waals surface area contributed by atoms with E-state index in [1.807, 2.05) is 28.1 Å². The van der Waals surface area contributed by atoms with Gasteiger partial charge in [-0.15, -0.1) is 0 Å². The van der Waals surface area contributed by atoms with E-state index in [1.54, 1.807) is 0 Å². The molecule has 14 heteroatoms. The first-order chi connectivity index (χ1) is 20.3. The molecule has 4 nitrogen and oxygen atoms in total. The van der Waals surface area contributed by atoms with E-state index in [-0.39, 0.29) is 27.3 Å². The van der Waals surface area contributed by atoms with Gasteiger partial charge in [-0.25, -0.2) is 0 Å². The first-order valence-corrected chi connectivity index (χ1v) is 13.7. The van der Waals surface area contributed by atoms with Crippen LogP contribution in [0.2, 0.25) is 0 Å². The normalized spacial score (nSPS) is 13.4. The van der Waals surface area contributed by atoms with Crippen molar-refractivity contribution in [3.8, 4) is 17.2 Å². The second-order valence-corrected chi connectivity index (χ2v) is 11.1. The van der Waals surface area contributed by atoms with Crippen molar-refractivity contribution in [2.45, 2.75) is 57.2 Å². The summed E-state index contributed by atoms with van der Waals surface area (Å²) in [6.45, 7) is 1.99. The number of rotatable bonds is 12. The van der Waals surface area contributed by atoms with Gasteiger partial charge in [-0.1, -0.05) is 19.8 Å². The lowest BCUT2D eigenvalue weighted by Crippen LogP contribution is -2.41. The van der Waals surface area contributed by atoms with Gasteiger partial charge in [0.2, 0.25) is 0 Å². The van der Waals surface area contributed by atoms with E-state index in [9.17, 15) is 39.5 Å². The summed E-state index contributed by atoms with van der Waals surface area (Å²) in [6, 6.07) is 9.33. The third-order valence-electron chi connectivity index (χ3n) is 6.76. The summed E-state index contributed by atoms with van der Waals surface area (Å²) < 4.78 is 137. The highest BCUT2D eigenvalue weighted by molar-refractivity contribution is 6.39. The zero-order chi connectivity index (χ0) is 32.9. The molecule has 3 rings (SSSR count). The molecule has 0 amide bonds. The van der Waals surface area contributed by atoms with Crippen LogP contribution < -0.4 is 14.0 Å². The molecule has 0 N–H and O–H groups in total. The Hall–Kier alpha value is -3.55. The average Bonchev–Trinajstić information content (AvgIpc) is 2.90. The minimum absolute atomic E-state index is 0.0589. The van der Waals surface area contributed by atoms with Gasteiger partial charge in [-0.3, -0.25) is 0 Å². The fourth-order valence-electron chi connectivity index (χ4n) is 4.48. The Morgan fingerprint density at radius 1 is 0.614 bits per heavy atom. The van der Waals surface area contributed by atoms with Gasteiger partial charge in [0, 0.05) is 6.42 Å². The molecule has 0 aromatic heterocycles. The summed E-state index contributed by atoms with van der Waals surface area (Å²) in [6.07, 6.45) is -11.0. The third kappa shape index (κ3) is 9.73. The Morgan fingerprint density at radius 2 is 1.05 bits per heavy atom. The van der Waals surface area contributed by atoms with Crippen LogP contribution in [0, 0.1) is 0 Å². The van der Waals surface area contributed by atoms with Gasteiger partial charge in [-0.2, -0.15) is 39.5 Å². The summed E-state index contributed by atoms with van der Waals surface area (Å²) in [7, 11) is 3.63. The highest BCUT2D eigenvalue weighted by Gasteiger charge is 2.39. The van der Waals surface area contributed by atoms with E-state index in [2.05, 4.69) is 0 Å². The van der Waals surface area contributed by atoms with E-state index < -0.39 is 48.6 Å². The molecular weight excluding hydrogens is 604 g/mol. The van der Waals surface area contributed by atoms with Crippen LogP contribution in [0.1, 0.15) is 60.9 Å². The van der Waals surface area contributed by atoms with E-state index in [0.29, 0.717) is 12.8 Å². The summed E-state index contributed by atoms with van der Waals surface area (Å²) in [4.78, 5) is 0. The first kappa shape index (κ1) is 34.9. The van der Waals surface area contributed by atoms with Crippen molar-refractivity contribution in [2.24, 2.45) is 0 Å². The van der Waals surface area contributed by atoms with Gasteiger partial charge >= 0.3 is 25.9 Å². The van der Waals surface area contributed by atoms with Crippen molar-refractivity contribution >= 4 is 7.32 Å². The molecule has 3 aromatic rings. The van der Waals surface area contributed by atoms with Crippen LogP contribution >= 0.6 is 0 Å². The number of hydrogen-bond donors (Lipinski definition) is 0. The van der Waals surface area contributed by atoms with E-state index in [0.717, 1.165) is 79.6 Å². The maximum atomic E-state index is 13.8. The molecule has 240 valence electrons. The molecule has 1 unspecified atom stereocenters. The smallest absolute Gasteiger partial charge is 0.490 e. The van der Waals surface area contributed by atoms with E-state index in [1.165, 1.54) is 0 Å². The standard InChI is InChI=1S/C30H32BF9NO3/c1-5-6-7-8-26(41(2,3)4)25-19-22(30(38,39)40)13-18-27(25)44-31(42-23-14-9-20(10-15-23)28(32,33)34)43-24-16-11-21(12-17-24)29(35,36)37/h9-19,26H,5-8H2,1-4H3/q+1. The predicted octanol–water partition coefficient (Wildman–Crippen LogP) is 9.59. The molecule has 0 aliphatic rings. The van der Waals surface area contributed by atoms with Gasteiger partial charge in [0.25, 0.3) is 0 Å². The summed E-state index contributed by atoms with van der Waals surface area (Å²) >= 11 is 0. The van der Waals surface area contributed by atoms with Crippen molar-refractivity contribution in [3.63, 3.8) is 0 Å². The molecule has 0 aliphatic heterocycles. The van der Waals surface area contributed by atoms with Crippen LogP contribution in [-0.2, 0) is 18.5 Å². The minimum Gasteiger partial charge on any atom is -0.490 e. The highest BCUT2D eigenvalue weighted by Crippen LogP contribution is 2.40. The molecule has 0 fully saturated rings. The molecule has 0 radical (unpaired) electrons. The molecule has 1 atom stereocenters. The molecule has 44 heavy (non-hydrogen) atoms. The molecule has 0 bridgehead atoms. The van der Waals surface area contributed by atoms with Gasteiger partial charge in [-0.05, 0) is 73.2 Å². The quantitative estimate of drug-likeness (QED) is 0.0858. The maximum absolute atomic E-state index is 13.8. The number of unbranched alkanes of at least 4 members (excludes halogenated alkanes) is 2. The maximum Gasteiger partial charge on any atom is 0.864 e. The SMILES string of the molecule is CCCCCC(c1cc(C(F)(F)F)ccc1OB(Oc1ccc(C(F)(F)F)cc1)Oc1ccc(C(F)(F)F)cc1)[N+](C)(C)C. The summed E-state index contributed by atoms with van der Waals surface area (Å²) in [5.41, 5.74) is -2.67. The van der Waals surface area contributed by atoms with Gasteiger partial charge in [0.15, 0.2) is 0 Å². The van der Waals surface area contributed by atoms with Gasteiger partial charge < -0.3 is 18.4 Å². The largest absolute Gasteiger partial charge is 0.864 e. The molecule has 0 aliphatic carbocycles. The predicted molar refractivity (Wildman–Crippen MR) is 147 cm³/mol. The van der Waals surface area contributed by atoms with Crippen molar-refractivity contribution < 1.29 is 58.0 Å². The van der Waals surface area contributed by atoms with Crippen molar-refractivity contribution in [3.05, 3.63) is 89.0 Å². The Balaban J connectivity index is 2.06. The lowest BCUT2D eigenvalue weighted by Gasteiger charge is -2.36. The Labute approximate surface area is 250 Å². The van der Waals surface area contributed by atoms with Crippen LogP contribution in [-0.4, -0.2) is 32.9 Å². The number of halogens is 9. The molecule has 0 saturated heterocycles. The molecular formula is C30H32BF9NO3+. The zero-order valence-electron chi connectivity index (χ0n) is 24.4. The van der Waals surface area contributed by atoms with Gasteiger partial charge in [0.05, 0.1) is 43.4 Å². The lowest BCUT2D eigenvalue weighted by molar-refractivity contribution is -0.902. The van der Waals surface area contributed by atoms with Crippen LogP contribution in [0.15, 0.2) is 66.7 Å². The number of alkyl halides is 9. The Bertz CT molecular complexity index is 1290.